The minimum absolute atomic E-state index is 0.958. The zero-order valence-corrected chi connectivity index (χ0v) is 7.41. The summed E-state index contributed by atoms with van der Waals surface area (Å²) in [6.45, 7) is 6.83. The van der Waals surface area contributed by atoms with E-state index in [1.807, 2.05) is 0 Å². The molecule has 0 aromatic rings. The van der Waals surface area contributed by atoms with Crippen molar-refractivity contribution >= 4 is 0 Å². The lowest BCUT2D eigenvalue weighted by atomic mass is 9.78. The molecule has 1 fully saturated rings. The van der Waals surface area contributed by atoms with E-state index in [1.165, 1.54) is 25.7 Å². The third-order valence-electron chi connectivity index (χ3n) is 2.92. The molecule has 0 nitrogen and oxygen atoms in total. The van der Waals surface area contributed by atoms with Gasteiger partial charge >= 0.3 is 0 Å². The van der Waals surface area contributed by atoms with E-state index >= 15 is 0 Å². The molecule has 0 unspecified atom stereocenters. The molecule has 0 radical (unpaired) electrons. The maximum absolute atomic E-state index is 2.31. The molecular weight excluding hydrogens is 120 g/mol. The standard InChI is InChI=1S/C10H18/c1-4-8(2)9(3)10-6-5-7-10/h10H,4-7H2,1-3H3. The van der Waals surface area contributed by atoms with Crippen molar-refractivity contribution in [1.29, 1.82) is 0 Å². The highest BCUT2D eigenvalue weighted by Gasteiger charge is 2.19. The lowest BCUT2D eigenvalue weighted by Gasteiger charge is -2.27. The maximum atomic E-state index is 2.31. The van der Waals surface area contributed by atoms with E-state index < -0.39 is 0 Å². The summed E-state index contributed by atoms with van der Waals surface area (Å²) in [6.07, 6.45) is 5.59. The van der Waals surface area contributed by atoms with Crippen molar-refractivity contribution in [2.24, 2.45) is 5.92 Å². The molecule has 0 aliphatic heterocycles. The molecule has 0 amide bonds. The van der Waals surface area contributed by atoms with Gasteiger partial charge in [-0.3, -0.25) is 0 Å². The van der Waals surface area contributed by atoms with Gasteiger partial charge in [-0.25, -0.2) is 0 Å². The van der Waals surface area contributed by atoms with E-state index in [2.05, 4.69) is 20.8 Å². The Labute approximate surface area is 64.3 Å². The van der Waals surface area contributed by atoms with Crippen LogP contribution in [0.2, 0.25) is 0 Å². The fourth-order valence-electron chi connectivity index (χ4n) is 1.47. The second-order valence-corrected chi connectivity index (χ2v) is 3.44. The highest BCUT2D eigenvalue weighted by molar-refractivity contribution is 5.14. The summed E-state index contributed by atoms with van der Waals surface area (Å²) < 4.78 is 0. The second kappa shape index (κ2) is 3.23. The second-order valence-electron chi connectivity index (χ2n) is 3.44. The zero-order valence-electron chi connectivity index (χ0n) is 7.41. The van der Waals surface area contributed by atoms with E-state index in [0.29, 0.717) is 0 Å². The third kappa shape index (κ3) is 1.42. The van der Waals surface area contributed by atoms with Gasteiger partial charge < -0.3 is 0 Å². The quantitative estimate of drug-likeness (QED) is 0.512. The summed E-state index contributed by atoms with van der Waals surface area (Å²) >= 11 is 0. The van der Waals surface area contributed by atoms with Crippen LogP contribution >= 0.6 is 0 Å². The van der Waals surface area contributed by atoms with Crippen LogP contribution in [0.15, 0.2) is 11.1 Å². The Hall–Kier alpha value is -0.260. The number of hydrogen-bond donors (Lipinski definition) is 0. The summed E-state index contributed by atoms with van der Waals surface area (Å²) in [6, 6.07) is 0. The topological polar surface area (TPSA) is 0 Å². The molecule has 0 heterocycles. The van der Waals surface area contributed by atoms with Gasteiger partial charge in [-0.2, -0.15) is 0 Å². The van der Waals surface area contributed by atoms with Crippen LogP contribution in [0.3, 0.4) is 0 Å². The summed E-state index contributed by atoms with van der Waals surface area (Å²) in [4.78, 5) is 0. The van der Waals surface area contributed by atoms with Crippen LogP contribution in [-0.4, -0.2) is 0 Å². The predicted octanol–water partition coefficient (Wildman–Crippen LogP) is 3.53. The van der Waals surface area contributed by atoms with Crippen molar-refractivity contribution in [3.63, 3.8) is 0 Å². The zero-order chi connectivity index (χ0) is 7.56. The van der Waals surface area contributed by atoms with Crippen molar-refractivity contribution in [1.82, 2.24) is 0 Å². The molecule has 0 spiro atoms. The fraction of sp³-hybridized carbons (Fsp3) is 0.800. The van der Waals surface area contributed by atoms with Crippen LogP contribution in [0.1, 0.15) is 46.5 Å². The first kappa shape index (κ1) is 7.84. The smallest absolute Gasteiger partial charge is 0.0203 e. The van der Waals surface area contributed by atoms with Crippen molar-refractivity contribution < 1.29 is 0 Å². The molecule has 0 aromatic carbocycles. The average Bonchev–Trinajstić information content (AvgIpc) is 1.82. The minimum Gasteiger partial charge on any atom is -0.0744 e. The number of hydrogen-bond acceptors (Lipinski definition) is 0. The van der Waals surface area contributed by atoms with Crippen LogP contribution in [0.4, 0.5) is 0 Å². The summed E-state index contributed by atoms with van der Waals surface area (Å²) in [5.41, 5.74) is 3.29. The maximum Gasteiger partial charge on any atom is -0.0203 e. The van der Waals surface area contributed by atoms with Gasteiger partial charge in [0.15, 0.2) is 0 Å². The van der Waals surface area contributed by atoms with Gasteiger partial charge in [-0.1, -0.05) is 24.5 Å². The Morgan fingerprint density at radius 2 is 1.90 bits per heavy atom. The van der Waals surface area contributed by atoms with E-state index in [0.717, 1.165) is 5.92 Å². The van der Waals surface area contributed by atoms with E-state index in [4.69, 9.17) is 0 Å². The molecule has 1 aliphatic carbocycles. The minimum atomic E-state index is 0.958. The summed E-state index contributed by atoms with van der Waals surface area (Å²) in [5.74, 6) is 0.958. The summed E-state index contributed by atoms with van der Waals surface area (Å²) in [7, 11) is 0. The van der Waals surface area contributed by atoms with Gasteiger partial charge in [0.2, 0.25) is 0 Å². The molecule has 1 rings (SSSR count). The Morgan fingerprint density at radius 3 is 2.20 bits per heavy atom. The molecule has 0 bridgehead atoms. The number of rotatable bonds is 2. The van der Waals surface area contributed by atoms with Crippen molar-refractivity contribution in [2.75, 3.05) is 0 Å². The molecule has 0 N–H and O–H groups in total. The molecule has 0 heteroatoms. The fourth-order valence-corrected chi connectivity index (χ4v) is 1.47. The molecule has 0 saturated heterocycles. The molecule has 1 aliphatic rings. The monoisotopic (exact) mass is 138 g/mol. The molecule has 0 atom stereocenters. The molecule has 1 saturated carbocycles. The van der Waals surface area contributed by atoms with Crippen molar-refractivity contribution in [3.8, 4) is 0 Å². The van der Waals surface area contributed by atoms with E-state index in [9.17, 15) is 0 Å². The lowest BCUT2D eigenvalue weighted by Crippen LogP contribution is -2.13. The highest BCUT2D eigenvalue weighted by atomic mass is 14.2. The van der Waals surface area contributed by atoms with Crippen molar-refractivity contribution in [3.05, 3.63) is 11.1 Å². The third-order valence-corrected chi connectivity index (χ3v) is 2.92. The highest BCUT2D eigenvalue weighted by Crippen LogP contribution is 2.34. The van der Waals surface area contributed by atoms with Crippen LogP contribution in [-0.2, 0) is 0 Å². The molecule has 10 heavy (non-hydrogen) atoms. The summed E-state index contributed by atoms with van der Waals surface area (Å²) in [5, 5.41) is 0. The van der Waals surface area contributed by atoms with E-state index in [-0.39, 0.29) is 0 Å². The van der Waals surface area contributed by atoms with Crippen molar-refractivity contribution in [2.45, 2.75) is 46.5 Å². The van der Waals surface area contributed by atoms with Gasteiger partial charge in [-0.15, -0.1) is 0 Å². The Bertz CT molecular complexity index is 138. The van der Waals surface area contributed by atoms with Gasteiger partial charge in [0.1, 0.15) is 0 Å². The van der Waals surface area contributed by atoms with Gasteiger partial charge in [0, 0.05) is 0 Å². The molecule has 0 aromatic heterocycles. The van der Waals surface area contributed by atoms with Crippen LogP contribution in [0.5, 0.6) is 0 Å². The largest absolute Gasteiger partial charge is 0.0744 e. The van der Waals surface area contributed by atoms with Gasteiger partial charge in [-0.05, 0) is 39.0 Å². The van der Waals surface area contributed by atoms with Gasteiger partial charge in [0.05, 0.1) is 0 Å². The Morgan fingerprint density at radius 1 is 1.30 bits per heavy atom. The Kier molecular flexibility index (Phi) is 2.53. The number of allylic oxidation sites excluding steroid dienone is 2. The first-order valence-corrected chi connectivity index (χ1v) is 4.42. The SMILES string of the molecule is CCC(C)=C(C)C1CCC1. The predicted molar refractivity (Wildman–Crippen MR) is 46.0 cm³/mol. The Balaban J connectivity index is 2.51. The van der Waals surface area contributed by atoms with Crippen LogP contribution in [0, 0.1) is 5.92 Å². The average molecular weight is 138 g/mol. The van der Waals surface area contributed by atoms with Crippen LogP contribution in [0.25, 0.3) is 0 Å². The van der Waals surface area contributed by atoms with Gasteiger partial charge in [0.25, 0.3) is 0 Å². The molecular formula is C10H18. The lowest BCUT2D eigenvalue weighted by molar-refractivity contribution is 0.365. The van der Waals surface area contributed by atoms with Crippen LogP contribution < -0.4 is 0 Å². The normalized spacial score (nSPS) is 21.9. The van der Waals surface area contributed by atoms with E-state index in [1.54, 1.807) is 11.1 Å². The first-order chi connectivity index (χ1) is 4.75. The first-order valence-electron chi connectivity index (χ1n) is 4.42. The molecule has 58 valence electrons.